The van der Waals surface area contributed by atoms with Crippen LogP contribution in [0.5, 0.6) is 0 Å². The van der Waals surface area contributed by atoms with E-state index in [0.29, 0.717) is 11.4 Å². The van der Waals surface area contributed by atoms with E-state index in [1.165, 1.54) is 17.8 Å². The first kappa shape index (κ1) is 17.4. The van der Waals surface area contributed by atoms with Gasteiger partial charge in [-0.05, 0) is 19.1 Å². The number of carbonyl (C=O) groups is 1. The summed E-state index contributed by atoms with van der Waals surface area (Å²) in [6, 6.07) is 6.98. The van der Waals surface area contributed by atoms with E-state index in [9.17, 15) is 13.6 Å². The van der Waals surface area contributed by atoms with E-state index < -0.39 is 24.0 Å². The Kier molecular flexibility index (Phi) is 4.83. The van der Waals surface area contributed by atoms with Crippen LogP contribution < -0.4 is 5.32 Å². The lowest BCUT2D eigenvalue weighted by atomic mass is 10.2. The maximum atomic E-state index is 13.7. The molecule has 1 radical (unpaired) electrons. The van der Waals surface area contributed by atoms with Crippen LogP contribution in [0.2, 0.25) is 0 Å². The Hall–Kier alpha value is -3.43. The van der Waals surface area contributed by atoms with Crippen molar-refractivity contribution in [2.24, 2.45) is 7.05 Å². The number of ether oxygens (including phenoxy) is 1. The number of carbonyl (C=O) groups excluding carboxylic acids is 1. The summed E-state index contributed by atoms with van der Waals surface area (Å²) in [6.45, 7) is 1.40. The SMILES string of the molecule is C[C@@H](OC(=O)Nc1c(-c2cc[c]cn2)nnn1C)c1cc(F)cnc1F. The van der Waals surface area contributed by atoms with Crippen LogP contribution >= 0.6 is 0 Å². The molecule has 10 heteroatoms. The van der Waals surface area contributed by atoms with Gasteiger partial charge in [0.05, 0.1) is 17.5 Å². The molecule has 0 aromatic carbocycles. The van der Waals surface area contributed by atoms with Crippen molar-refractivity contribution in [1.82, 2.24) is 25.0 Å². The molecular weight excluding hydrogens is 346 g/mol. The van der Waals surface area contributed by atoms with E-state index in [1.54, 1.807) is 19.2 Å². The van der Waals surface area contributed by atoms with Crippen LogP contribution in [-0.2, 0) is 11.8 Å². The summed E-state index contributed by atoms with van der Waals surface area (Å²) in [7, 11) is 1.57. The molecule has 3 aromatic heterocycles. The monoisotopic (exact) mass is 359 g/mol. The summed E-state index contributed by atoms with van der Waals surface area (Å²) in [5, 5.41) is 10.3. The van der Waals surface area contributed by atoms with Gasteiger partial charge < -0.3 is 4.74 Å². The van der Waals surface area contributed by atoms with E-state index in [-0.39, 0.29) is 11.4 Å². The average Bonchev–Trinajstić information content (AvgIpc) is 2.98. The Morgan fingerprint density at radius 1 is 1.38 bits per heavy atom. The predicted molar refractivity (Wildman–Crippen MR) is 85.7 cm³/mol. The van der Waals surface area contributed by atoms with Crippen LogP contribution in [-0.4, -0.2) is 31.1 Å². The molecule has 1 amide bonds. The largest absolute Gasteiger partial charge is 0.441 e. The van der Waals surface area contributed by atoms with Gasteiger partial charge in [-0.3, -0.25) is 10.3 Å². The number of pyridine rings is 2. The summed E-state index contributed by atoms with van der Waals surface area (Å²) in [5.41, 5.74) is 0.619. The van der Waals surface area contributed by atoms with Crippen molar-refractivity contribution in [3.05, 3.63) is 54.0 Å². The Bertz CT molecular complexity index is 932. The summed E-state index contributed by atoms with van der Waals surface area (Å²) < 4.78 is 33.3. The third-order valence-corrected chi connectivity index (χ3v) is 3.46. The summed E-state index contributed by atoms with van der Waals surface area (Å²) >= 11 is 0. The highest BCUT2D eigenvalue weighted by Crippen LogP contribution is 2.24. The second kappa shape index (κ2) is 7.21. The smallest absolute Gasteiger partial charge is 0.413 e. The van der Waals surface area contributed by atoms with E-state index in [2.05, 4.69) is 31.7 Å². The molecule has 0 aliphatic heterocycles. The lowest BCUT2D eigenvalue weighted by Crippen LogP contribution is -2.19. The molecule has 0 bridgehead atoms. The van der Waals surface area contributed by atoms with Gasteiger partial charge in [0.1, 0.15) is 11.9 Å². The number of hydrogen-bond acceptors (Lipinski definition) is 6. The van der Waals surface area contributed by atoms with Gasteiger partial charge in [-0.25, -0.2) is 18.9 Å². The van der Waals surface area contributed by atoms with E-state index in [4.69, 9.17) is 4.74 Å². The second-order valence-electron chi connectivity index (χ2n) is 5.26. The van der Waals surface area contributed by atoms with Crippen LogP contribution in [0.1, 0.15) is 18.6 Å². The molecule has 0 saturated heterocycles. The molecule has 133 valence electrons. The molecule has 0 fully saturated rings. The number of amides is 1. The molecule has 3 heterocycles. The fourth-order valence-corrected chi connectivity index (χ4v) is 2.20. The van der Waals surface area contributed by atoms with Crippen molar-refractivity contribution >= 4 is 11.9 Å². The van der Waals surface area contributed by atoms with Gasteiger partial charge in [-0.2, -0.15) is 4.39 Å². The van der Waals surface area contributed by atoms with E-state index >= 15 is 0 Å². The molecule has 0 saturated carbocycles. The van der Waals surface area contributed by atoms with E-state index in [1.807, 2.05) is 0 Å². The molecule has 0 aliphatic rings. The number of hydrogen-bond donors (Lipinski definition) is 1. The predicted octanol–water partition coefficient (Wildman–Crippen LogP) is 2.66. The van der Waals surface area contributed by atoms with Crippen LogP contribution in [0, 0.1) is 17.8 Å². The molecule has 0 unspecified atom stereocenters. The fourth-order valence-electron chi connectivity index (χ4n) is 2.20. The highest BCUT2D eigenvalue weighted by atomic mass is 19.1. The number of nitrogens with one attached hydrogen (secondary N) is 1. The lowest BCUT2D eigenvalue weighted by molar-refractivity contribution is 0.118. The van der Waals surface area contributed by atoms with Crippen molar-refractivity contribution in [3.8, 4) is 11.4 Å². The van der Waals surface area contributed by atoms with Crippen LogP contribution in [0.15, 0.2) is 30.6 Å². The molecule has 3 rings (SSSR count). The maximum Gasteiger partial charge on any atom is 0.413 e. The number of rotatable bonds is 4. The molecule has 0 aliphatic carbocycles. The minimum Gasteiger partial charge on any atom is -0.441 e. The van der Waals surface area contributed by atoms with Crippen LogP contribution in [0.25, 0.3) is 11.4 Å². The summed E-state index contributed by atoms with van der Waals surface area (Å²) in [4.78, 5) is 19.5. The topological polar surface area (TPSA) is 94.8 Å². The highest BCUT2D eigenvalue weighted by molar-refractivity contribution is 5.88. The van der Waals surface area contributed by atoms with Gasteiger partial charge in [0.2, 0.25) is 5.95 Å². The average molecular weight is 359 g/mol. The molecule has 3 aromatic rings. The van der Waals surface area contributed by atoms with Crippen molar-refractivity contribution < 1.29 is 18.3 Å². The van der Waals surface area contributed by atoms with Crippen molar-refractivity contribution in [3.63, 3.8) is 0 Å². The standard InChI is InChI=1S/C16H13F2N6O2/c1-9(11-7-10(17)8-20-14(11)18)26-16(25)21-15-13(22-23-24(15)2)12-5-3-4-6-19-12/h3,5-9H,1-2H3,(H,21,25)/t9-/m1/s1. The van der Waals surface area contributed by atoms with Crippen molar-refractivity contribution in [2.45, 2.75) is 13.0 Å². The number of anilines is 1. The third-order valence-electron chi connectivity index (χ3n) is 3.46. The first-order valence-electron chi connectivity index (χ1n) is 7.46. The van der Waals surface area contributed by atoms with Crippen molar-refractivity contribution in [1.29, 1.82) is 0 Å². The van der Waals surface area contributed by atoms with Gasteiger partial charge in [-0.1, -0.05) is 11.3 Å². The molecule has 1 atom stereocenters. The molecular formula is C16H13F2N6O2. The van der Waals surface area contributed by atoms with Gasteiger partial charge in [0.25, 0.3) is 0 Å². The Balaban J connectivity index is 1.77. The zero-order valence-corrected chi connectivity index (χ0v) is 13.8. The van der Waals surface area contributed by atoms with Crippen molar-refractivity contribution in [2.75, 3.05) is 5.32 Å². The number of nitrogens with zero attached hydrogens (tertiary/aromatic N) is 5. The first-order valence-corrected chi connectivity index (χ1v) is 7.46. The quantitative estimate of drug-likeness (QED) is 0.720. The first-order chi connectivity index (χ1) is 12.5. The Labute approximate surface area is 146 Å². The van der Waals surface area contributed by atoms with Crippen LogP contribution in [0.4, 0.5) is 19.4 Å². The Morgan fingerprint density at radius 3 is 2.92 bits per heavy atom. The maximum absolute atomic E-state index is 13.7. The Morgan fingerprint density at radius 2 is 2.19 bits per heavy atom. The molecule has 1 N–H and O–H groups in total. The summed E-state index contributed by atoms with van der Waals surface area (Å²) in [5.74, 6) is -1.42. The second-order valence-corrected chi connectivity index (χ2v) is 5.26. The number of halogens is 2. The van der Waals surface area contributed by atoms with Gasteiger partial charge in [0.15, 0.2) is 11.5 Å². The fraction of sp³-hybridized carbons (Fsp3) is 0.188. The molecule has 8 nitrogen and oxygen atoms in total. The zero-order chi connectivity index (χ0) is 18.7. The highest BCUT2D eigenvalue weighted by Gasteiger charge is 2.21. The zero-order valence-electron chi connectivity index (χ0n) is 13.8. The lowest BCUT2D eigenvalue weighted by Gasteiger charge is -2.14. The third kappa shape index (κ3) is 3.63. The molecule has 26 heavy (non-hydrogen) atoms. The van der Waals surface area contributed by atoms with Crippen LogP contribution in [0.3, 0.4) is 0 Å². The normalized spacial score (nSPS) is 11.8. The minimum absolute atomic E-state index is 0.177. The van der Waals surface area contributed by atoms with Gasteiger partial charge >= 0.3 is 6.09 Å². The minimum atomic E-state index is -1.06. The van der Waals surface area contributed by atoms with E-state index in [0.717, 1.165) is 12.3 Å². The van der Waals surface area contributed by atoms with Gasteiger partial charge in [-0.15, -0.1) is 5.10 Å². The van der Waals surface area contributed by atoms with Gasteiger partial charge in [0, 0.05) is 19.3 Å². The number of aryl methyl sites for hydroxylation is 1. The summed E-state index contributed by atoms with van der Waals surface area (Å²) in [6.07, 6.45) is 0.236. The molecule has 0 spiro atoms. The number of aromatic nitrogens is 5.